The molecule has 0 aromatic heterocycles. The third kappa shape index (κ3) is 9.08. The molecule has 0 bridgehead atoms. The molecule has 2 aromatic rings. The second-order valence-electron chi connectivity index (χ2n) is 7.19. The van der Waals surface area contributed by atoms with Gasteiger partial charge >= 0.3 is 0 Å². The Morgan fingerprint density at radius 1 is 0.969 bits per heavy atom. The van der Waals surface area contributed by atoms with Gasteiger partial charge in [0, 0.05) is 17.9 Å². The zero-order chi connectivity index (χ0) is 23.8. The Morgan fingerprint density at radius 2 is 1.56 bits per heavy atom. The van der Waals surface area contributed by atoms with Crippen LogP contribution in [0.4, 0.5) is 11.4 Å². The number of hydrogen-bond donors (Lipinski definition) is 3. The van der Waals surface area contributed by atoms with Crippen LogP contribution in [0, 0.1) is 0 Å². The summed E-state index contributed by atoms with van der Waals surface area (Å²) < 4.78 is 58.5. The highest BCUT2D eigenvalue weighted by Gasteiger charge is 2.17. The molecule has 0 radical (unpaired) electrons. The zero-order valence-corrected chi connectivity index (χ0v) is 19.5. The molecule has 1 amide bonds. The van der Waals surface area contributed by atoms with Gasteiger partial charge in [-0.1, -0.05) is 18.2 Å². The molecule has 0 saturated heterocycles. The molecule has 9 nitrogen and oxygen atoms in total. The first-order valence-electron chi connectivity index (χ1n) is 9.72. The molecule has 2 aromatic carbocycles. The summed E-state index contributed by atoms with van der Waals surface area (Å²) in [6.07, 6.45) is 1.43. The molecule has 0 aliphatic carbocycles. The highest BCUT2D eigenvalue weighted by atomic mass is 32.2. The fourth-order valence-corrected chi connectivity index (χ4v) is 4.69. The molecular weight excluding hydrogens is 454 g/mol. The van der Waals surface area contributed by atoms with Crippen LogP contribution in [-0.4, -0.2) is 41.1 Å². The van der Waals surface area contributed by atoms with Gasteiger partial charge in [0.05, 0.1) is 11.9 Å². The number of ether oxygens (including phenoxy) is 1. The van der Waals surface area contributed by atoms with E-state index in [0.717, 1.165) is 0 Å². The van der Waals surface area contributed by atoms with Gasteiger partial charge in [0.15, 0.2) is 0 Å². The van der Waals surface area contributed by atoms with Crippen molar-refractivity contribution in [2.45, 2.75) is 25.7 Å². The maximum Gasteiger partial charge on any atom is 0.241 e. The summed E-state index contributed by atoms with van der Waals surface area (Å²) in [7, 11) is -7.43. The molecule has 11 heteroatoms. The largest absolute Gasteiger partial charge is 0.491 e. The van der Waals surface area contributed by atoms with E-state index in [-0.39, 0.29) is 18.4 Å². The predicted octanol–water partition coefficient (Wildman–Crippen LogP) is 2.46. The van der Waals surface area contributed by atoms with Gasteiger partial charge in [0.25, 0.3) is 0 Å². The van der Waals surface area contributed by atoms with Crippen molar-refractivity contribution in [3.63, 3.8) is 0 Å². The lowest BCUT2D eigenvalue weighted by atomic mass is 10.2. The van der Waals surface area contributed by atoms with E-state index in [4.69, 9.17) is 4.74 Å². The lowest BCUT2D eigenvalue weighted by Crippen LogP contribution is -2.27. The van der Waals surface area contributed by atoms with E-state index in [1.165, 1.54) is 30.3 Å². The summed E-state index contributed by atoms with van der Waals surface area (Å²) >= 11 is 0. The minimum atomic E-state index is -3.93. The summed E-state index contributed by atoms with van der Waals surface area (Å²) in [5, 5.41) is 2.48. The zero-order valence-electron chi connectivity index (χ0n) is 17.9. The highest BCUT2D eigenvalue weighted by molar-refractivity contribution is 7.93. The average Bonchev–Trinajstić information content (AvgIpc) is 2.68. The fourth-order valence-electron chi connectivity index (χ4n) is 2.60. The quantitative estimate of drug-likeness (QED) is 0.399. The van der Waals surface area contributed by atoms with Crippen LogP contribution in [0.15, 0.2) is 61.2 Å². The summed E-state index contributed by atoms with van der Waals surface area (Å²) in [6, 6.07) is 12.4. The van der Waals surface area contributed by atoms with Crippen molar-refractivity contribution >= 4 is 37.3 Å². The number of benzene rings is 2. The Balaban J connectivity index is 1.91. The van der Waals surface area contributed by atoms with E-state index in [0.29, 0.717) is 22.7 Å². The summed E-state index contributed by atoms with van der Waals surface area (Å²) in [6.45, 7) is 7.35. The Labute approximate surface area is 189 Å². The topological polar surface area (TPSA) is 131 Å². The van der Waals surface area contributed by atoms with Gasteiger partial charge in [0.2, 0.25) is 26.0 Å². The molecule has 32 heavy (non-hydrogen) atoms. The summed E-state index contributed by atoms with van der Waals surface area (Å²) in [4.78, 5) is 12.2. The van der Waals surface area contributed by atoms with Gasteiger partial charge in [-0.3, -0.25) is 9.52 Å². The van der Waals surface area contributed by atoms with Crippen molar-refractivity contribution in [1.82, 2.24) is 4.72 Å². The third-order valence-electron chi connectivity index (χ3n) is 3.86. The Morgan fingerprint density at radius 3 is 2.12 bits per heavy atom. The molecule has 0 heterocycles. The number of nitrogens with one attached hydrogen (secondary N) is 3. The van der Waals surface area contributed by atoms with Crippen LogP contribution in [0.1, 0.15) is 19.4 Å². The van der Waals surface area contributed by atoms with Crippen molar-refractivity contribution < 1.29 is 26.4 Å². The molecule has 0 atom stereocenters. The Kier molecular flexibility index (Phi) is 8.81. The number of sulfonamides is 2. The van der Waals surface area contributed by atoms with Gasteiger partial charge in [-0.15, -0.1) is 6.58 Å². The maximum absolute atomic E-state index is 12.3. The minimum absolute atomic E-state index is 0.00590. The summed E-state index contributed by atoms with van der Waals surface area (Å²) in [5.74, 6) is -1.13. The molecule has 0 aliphatic rings. The average molecular weight is 482 g/mol. The van der Waals surface area contributed by atoms with E-state index in [2.05, 4.69) is 21.3 Å². The lowest BCUT2D eigenvalue weighted by molar-refractivity contribution is -0.113. The van der Waals surface area contributed by atoms with Crippen LogP contribution in [0.25, 0.3) is 0 Å². The molecule has 0 aliphatic heterocycles. The molecule has 0 unspecified atom stereocenters. The summed E-state index contributed by atoms with van der Waals surface area (Å²) in [5.41, 5.74) is 1.17. The van der Waals surface area contributed by atoms with Crippen LogP contribution < -0.4 is 19.5 Å². The van der Waals surface area contributed by atoms with Crippen molar-refractivity contribution in [1.29, 1.82) is 0 Å². The molecule has 0 saturated carbocycles. The molecule has 0 spiro atoms. The smallest absolute Gasteiger partial charge is 0.241 e. The van der Waals surface area contributed by atoms with Crippen molar-refractivity contribution in [2.24, 2.45) is 0 Å². The highest BCUT2D eigenvalue weighted by Crippen LogP contribution is 2.18. The number of rotatable bonds is 12. The molecule has 0 fully saturated rings. The van der Waals surface area contributed by atoms with E-state index in [1.54, 1.807) is 24.3 Å². The first-order chi connectivity index (χ1) is 15.0. The van der Waals surface area contributed by atoms with Gasteiger partial charge in [-0.05, 0) is 55.8 Å². The number of carbonyl (C=O) groups excluding carboxylic acids is 1. The number of hydrogen-bond acceptors (Lipinski definition) is 6. The molecule has 3 N–H and O–H groups in total. The predicted molar refractivity (Wildman–Crippen MR) is 126 cm³/mol. The van der Waals surface area contributed by atoms with Gasteiger partial charge in [-0.25, -0.2) is 21.6 Å². The third-order valence-corrected chi connectivity index (χ3v) is 6.37. The van der Waals surface area contributed by atoms with Crippen LogP contribution in [0.2, 0.25) is 0 Å². The van der Waals surface area contributed by atoms with E-state index in [1.807, 2.05) is 13.8 Å². The normalized spacial score (nSPS) is 11.7. The van der Waals surface area contributed by atoms with Crippen LogP contribution in [0.5, 0.6) is 5.75 Å². The fraction of sp³-hybridized carbons (Fsp3) is 0.286. The monoisotopic (exact) mass is 481 g/mol. The van der Waals surface area contributed by atoms with Crippen molar-refractivity contribution in [3.8, 4) is 5.75 Å². The first-order valence-corrected chi connectivity index (χ1v) is 13.0. The Hall–Kier alpha value is -2.89. The maximum atomic E-state index is 12.3. The van der Waals surface area contributed by atoms with Crippen LogP contribution in [-0.2, 0) is 30.6 Å². The number of anilines is 2. The SMILES string of the molecule is C=CCNS(=O)(=O)Cc1ccc(NC(=O)CS(=O)(=O)Nc2ccc(OC(C)C)cc2)cc1. The second kappa shape index (κ2) is 11.1. The second-order valence-corrected chi connectivity index (χ2v) is 10.7. The van der Waals surface area contributed by atoms with Crippen molar-refractivity contribution in [2.75, 3.05) is 22.3 Å². The van der Waals surface area contributed by atoms with Gasteiger partial charge < -0.3 is 10.1 Å². The lowest BCUT2D eigenvalue weighted by Gasteiger charge is -2.12. The van der Waals surface area contributed by atoms with Gasteiger partial charge in [0.1, 0.15) is 11.5 Å². The van der Waals surface area contributed by atoms with Crippen LogP contribution in [0.3, 0.4) is 0 Å². The Bertz CT molecular complexity index is 1130. The van der Waals surface area contributed by atoms with Crippen molar-refractivity contribution in [3.05, 3.63) is 66.7 Å². The van der Waals surface area contributed by atoms with Crippen LogP contribution >= 0.6 is 0 Å². The first kappa shape index (κ1) is 25.4. The standard InChI is InChI=1S/C21H27N3O6S2/c1-4-13-22-31(26,27)14-17-5-7-18(8-6-17)23-21(25)15-32(28,29)24-19-9-11-20(12-10-19)30-16(2)3/h4-12,16,22,24H,1,13-15H2,2-3H3,(H,23,25). The molecule has 2 rings (SSSR count). The van der Waals surface area contributed by atoms with E-state index < -0.39 is 31.7 Å². The number of amides is 1. The van der Waals surface area contributed by atoms with E-state index in [9.17, 15) is 21.6 Å². The molecular formula is C21H27N3O6S2. The number of carbonyl (C=O) groups is 1. The molecule has 174 valence electrons. The van der Waals surface area contributed by atoms with Gasteiger partial charge in [-0.2, -0.15) is 0 Å². The van der Waals surface area contributed by atoms with E-state index >= 15 is 0 Å². The minimum Gasteiger partial charge on any atom is -0.491 e.